The second kappa shape index (κ2) is 7.40. The van der Waals surface area contributed by atoms with Crippen LogP contribution in [-0.2, 0) is 14.6 Å². The molecule has 0 aromatic heterocycles. The lowest BCUT2D eigenvalue weighted by Gasteiger charge is -2.14. The summed E-state index contributed by atoms with van der Waals surface area (Å²) >= 11 is 3.16. The van der Waals surface area contributed by atoms with Crippen molar-refractivity contribution in [1.82, 2.24) is 0 Å². The summed E-state index contributed by atoms with van der Waals surface area (Å²) < 4.78 is 52.6. The summed E-state index contributed by atoms with van der Waals surface area (Å²) in [5, 5.41) is 0. The van der Waals surface area contributed by atoms with Gasteiger partial charge in [0.1, 0.15) is 23.1 Å². The molecule has 0 aliphatic heterocycles. The fraction of sp³-hybridized carbons (Fsp3) is 0.188. The molecule has 0 bridgehead atoms. The number of esters is 1. The van der Waals surface area contributed by atoms with Gasteiger partial charge < -0.3 is 14.2 Å². The number of halogens is 2. The third kappa shape index (κ3) is 4.29. The molecule has 0 saturated carbocycles. The monoisotopic (exact) mass is 432 g/mol. The van der Waals surface area contributed by atoms with E-state index in [2.05, 4.69) is 20.7 Å². The molecule has 0 aliphatic carbocycles. The maximum Gasteiger partial charge on any atom is 0.340 e. The molecule has 2 rings (SSSR count). The molecule has 0 aliphatic rings. The maximum absolute atomic E-state index is 13.6. The van der Waals surface area contributed by atoms with Crippen LogP contribution in [0, 0.1) is 5.82 Å². The first kappa shape index (κ1) is 19.2. The first-order chi connectivity index (χ1) is 11.7. The minimum Gasteiger partial charge on any atom is -0.497 e. The topological polar surface area (TPSA) is 78.9 Å². The zero-order valence-electron chi connectivity index (χ0n) is 13.5. The van der Waals surface area contributed by atoms with Crippen molar-refractivity contribution in [3.63, 3.8) is 0 Å². The highest BCUT2D eigenvalue weighted by Gasteiger charge is 2.25. The predicted octanol–water partition coefficient (Wildman–Crippen LogP) is 3.58. The lowest BCUT2D eigenvalue weighted by molar-refractivity contribution is 0.0594. The van der Waals surface area contributed by atoms with Gasteiger partial charge in [-0.15, -0.1) is 0 Å². The molecule has 0 atom stereocenters. The van der Waals surface area contributed by atoms with Crippen molar-refractivity contribution in [3.8, 4) is 17.2 Å². The Bertz CT molecular complexity index is 926. The first-order valence-electron chi connectivity index (χ1n) is 6.80. The molecule has 0 spiro atoms. The Morgan fingerprint density at radius 1 is 1.12 bits per heavy atom. The molecule has 2 aromatic rings. The molecular weight excluding hydrogens is 419 g/mol. The fourth-order valence-corrected chi connectivity index (χ4v) is 3.65. The Balaban J connectivity index is 2.57. The highest BCUT2D eigenvalue weighted by Crippen LogP contribution is 2.37. The van der Waals surface area contributed by atoms with Crippen LogP contribution in [0.5, 0.6) is 17.2 Å². The Morgan fingerprint density at radius 2 is 1.76 bits per heavy atom. The van der Waals surface area contributed by atoms with Crippen molar-refractivity contribution in [2.45, 2.75) is 4.90 Å². The average Bonchev–Trinajstić information content (AvgIpc) is 2.54. The van der Waals surface area contributed by atoms with Crippen molar-refractivity contribution in [2.24, 2.45) is 0 Å². The van der Waals surface area contributed by atoms with E-state index in [1.807, 2.05) is 0 Å². The van der Waals surface area contributed by atoms with Crippen molar-refractivity contribution in [2.75, 3.05) is 20.5 Å². The van der Waals surface area contributed by atoms with Crippen LogP contribution in [0.15, 0.2) is 39.7 Å². The number of carbonyl (C=O) groups is 1. The molecule has 9 heteroatoms. The predicted molar refractivity (Wildman–Crippen MR) is 91.6 cm³/mol. The van der Waals surface area contributed by atoms with Crippen LogP contribution in [-0.4, -0.2) is 34.9 Å². The van der Waals surface area contributed by atoms with Crippen molar-refractivity contribution < 1.29 is 31.8 Å². The largest absolute Gasteiger partial charge is 0.497 e. The molecule has 134 valence electrons. The number of ether oxygens (including phenoxy) is 3. The molecule has 0 radical (unpaired) electrons. The fourth-order valence-electron chi connectivity index (χ4n) is 2.06. The van der Waals surface area contributed by atoms with E-state index in [0.29, 0.717) is 0 Å². The lowest BCUT2D eigenvalue weighted by atomic mass is 10.2. The molecule has 25 heavy (non-hydrogen) atoms. The Kier molecular flexibility index (Phi) is 5.69. The van der Waals surface area contributed by atoms with Gasteiger partial charge in [0, 0.05) is 24.5 Å². The number of hydrogen-bond acceptors (Lipinski definition) is 6. The summed E-state index contributed by atoms with van der Waals surface area (Å²) in [4.78, 5) is 11.8. The average molecular weight is 433 g/mol. The van der Waals surface area contributed by atoms with E-state index in [0.717, 1.165) is 19.4 Å². The number of sulfone groups is 1. The maximum atomic E-state index is 13.6. The van der Waals surface area contributed by atoms with Crippen molar-refractivity contribution >= 4 is 31.7 Å². The van der Waals surface area contributed by atoms with Gasteiger partial charge in [0.15, 0.2) is 9.84 Å². The van der Waals surface area contributed by atoms with E-state index >= 15 is 0 Å². The Hall–Kier alpha value is -2.13. The number of rotatable bonds is 5. The standard InChI is InChI=1S/C16H14BrFO6S/c1-22-10-6-9(18)7-11(8-10)24-12-4-5-13(25(3,20)21)14(15(12)17)16(19)23-2/h4-8H,1-3H3. The van der Waals surface area contributed by atoms with Crippen LogP contribution >= 0.6 is 15.9 Å². The second-order valence-electron chi connectivity index (χ2n) is 4.94. The molecule has 0 N–H and O–H groups in total. The highest BCUT2D eigenvalue weighted by atomic mass is 79.9. The molecule has 0 fully saturated rings. The third-order valence-corrected chi connectivity index (χ3v) is 5.09. The van der Waals surface area contributed by atoms with E-state index < -0.39 is 21.6 Å². The number of benzene rings is 2. The van der Waals surface area contributed by atoms with Crippen LogP contribution < -0.4 is 9.47 Å². The van der Waals surface area contributed by atoms with Gasteiger partial charge in [0.2, 0.25) is 0 Å². The number of hydrogen-bond donors (Lipinski definition) is 0. The minimum atomic E-state index is -3.68. The zero-order valence-corrected chi connectivity index (χ0v) is 15.9. The Labute approximate surface area is 152 Å². The third-order valence-electron chi connectivity index (χ3n) is 3.17. The number of methoxy groups -OCH3 is 2. The molecule has 2 aromatic carbocycles. The van der Waals surface area contributed by atoms with E-state index in [1.165, 1.54) is 31.4 Å². The molecule has 0 saturated heterocycles. The summed E-state index contributed by atoms with van der Waals surface area (Å²) in [5.41, 5.74) is -0.203. The van der Waals surface area contributed by atoms with Gasteiger partial charge in [-0.1, -0.05) is 0 Å². The smallest absolute Gasteiger partial charge is 0.340 e. The van der Waals surface area contributed by atoms with Crippen LogP contribution in [0.2, 0.25) is 0 Å². The van der Waals surface area contributed by atoms with E-state index in [4.69, 9.17) is 9.47 Å². The van der Waals surface area contributed by atoms with Crippen LogP contribution in [0.25, 0.3) is 0 Å². The van der Waals surface area contributed by atoms with Gasteiger partial charge >= 0.3 is 5.97 Å². The summed E-state index contributed by atoms with van der Waals surface area (Å²) in [6.07, 6.45) is 0.971. The van der Waals surface area contributed by atoms with E-state index in [-0.39, 0.29) is 32.2 Å². The van der Waals surface area contributed by atoms with Gasteiger partial charge in [0.25, 0.3) is 0 Å². The van der Waals surface area contributed by atoms with Crippen molar-refractivity contribution in [1.29, 1.82) is 0 Å². The summed E-state index contributed by atoms with van der Waals surface area (Å²) in [6, 6.07) is 6.31. The Morgan fingerprint density at radius 3 is 2.32 bits per heavy atom. The molecular formula is C16H14BrFO6S. The molecule has 0 amide bonds. The van der Waals surface area contributed by atoms with Gasteiger partial charge in [-0.05, 0) is 28.1 Å². The van der Waals surface area contributed by atoms with Gasteiger partial charge in [-0.3, -0.25) is 0 Å². The van der Waals surface area contributed by atoms with Gasteiger partial charge in [0.05, 0.1) is 29.2 Å². The van der Waals surface area contributed by atoms with E-state index in [1.54, 1.807) is 0 Å². The van der Waals surface area contributed by atoms with Crippen LogP contribution in [0.3, 0.4) is 0 Å². The van der Waals surface area contributed by atoms with E-state index in [9.17, 15) is 17.6 Å². The summed E-state index contributed by atoms with van der Waals surface area (Å²) in [5.74, 6) is -0.964. The number of carbonyl (C=O) groups excluding carboxylic acids is 1. The second-order valence-corrected chi connectivity index (χ2v) is 7.72. The molecule has 0 unspecified atom stereocenters. The first-order valence-corrected chi connectivity index (χ1v) is 9.49. The van der Waals surface area contributed by atoms with Gasteiger partial charge in [-0.2, -0.15) is 0 Å². The van der Waals surface area contributed by atoms with Gasteiger partial charge in [-0.25, -0.2) is 17.6 Å². The SMILES string of the molecule is COC(=O)c1c(S(C)(=O)=O)ccc(Oc2cc(F)cc(OC)c2)c1Br. The quantitative estimate of drug-likeness (QED) is 0.671. The minimum absolute atomic E-state index is 0.0745. The zero-order chi connectivity index (χ0) is 18.8. The summed E-state index contributed by atoms with van der Waals surface area (Å²) in [7, 11) is -1.17. The van der Waals surface area contributed by atoms with Crippen LogP contribution in [0.4, 0.5) is 4.39 Å². The molecule has 0 heterocycles. The summed E-state index contributed by atoms with van der Waals surface area (Å²) in [6.45, 7) is 0. The van der Waals surface area contributed by atoms with Crippen LogP contribution in [0.1, 0.15) is 10.4 Å². The van der Waals surface area contributed by atoms with Crippen molar-refractivity contribution in [3.05, 3.63) is 46.2 Å². The molecule has 6 nitrogen and oxygen atoms in total. The normalized spacial score (nSPS) is 11.1. The lowest BCUT2D eigenvalue weighted by Crippen LogP contribution is -2.11. The highest BCUT2D eigenvalue weighted by molar-refractivity contribution is 9.10.